The minimum atomic E-state index is -4.49. The number of alkyl halides is 3. The molecule has 0 amide bonds. The van der Waals surface area contributed by atoms with E-state index < -0.39 is 11.9 Å². The first-order valence-electron chi connectivity index (χ1n) is 7.50. The number of rotatable bonds is 5. The van der Waals surface area contributed by atoms with E-state index in [0.717, 1.165) is 16.0 Å². The van der Waals surface area contributed by atoms with E-state index in [1.54, 1.807) is 14.2 Å². The van der Waals surface area contributed by atoms with Crippen molar-refractivity contribution in [2.75, 3.05) is 14.2 Å². The van der Waals surface area contributed by atoms with Gasteiger partial charge in [-0.25, -0.2) is 0 Å². The van der Waals surface area contributed by atoms with Crippen molar-refractivity contribution in [2.45, 2.75) is 19.3 Å². The molecule has 1 heterocycles. The molecule has 0 aliphatic rings. The average molecular weight is 483 g/mol. The van der Waals surface area contributed by atoms with Crippen LogP contribution in [0.5, 0.6) is 5.75 Å². The fourth-order valence-corrected chi connectivity index (χ4v) is 2.27. The normalized spacial score (nSPS) is 11.7. The molecule has 0 atom stereocenters. The predicted molar refractivity (Wildman–Crippen MR) is 104 cm³/mol. The highest BCUT2D eigenvalue weighted by molar-refractivity contribution is 14.0. The van der Waals surface area contributed by atoms with Crippen molar-refractivity contribution in [1.82, 2.24) is 20.4 Å². The third-order valence-electron chi connectivity index (χ3n) is 3.44. The minimum Gasteiger partial charge on any atom is -0.497 e. The second-order valence-corrected chi connectivity index (χ2v) is 5.31. The summed E-state index contributed by atoms with van der Waals surface area (Å²) in [5.74, 6) is 1.12. The maximum absolute atomic E-state index is 12.9. The number of aliphatic imine (C=N–C) groups is 1. The van der Waals surface area contributed by atoms with Crippen LogP contribution in [0.4, 0.5) is 13.2 Å². The van der Waals surface area contributed by atoms with Crippen molar-refractivity contribution < 1.29 is 17.9 Å². The van der Waals surface area contributed by atoms with E-state index in [1.807, 2.05) is 24.3 Å². The Bertz CT molecular complexity index is 746. The van der Waals surface area contributed by atoms with Crippen LogP contribution in [0.2, 0.25) is 0 Å². The Morgan fingerprint density at radius 1 is 1.27 bits per heavy atom. The minimum absolute atomic E-state index is 0. The van der Waals surface area contributed by atoms with E-state index in [1.165, 1.54) is 13.2 Å². The van der Waals surface area contributed by atoms with E-state index in [9.17, 15) is 13.2 Å². The number of hydrogen-bond donors (Lipinski definition) is 2. The molecule has 0 bridgehead atoms. The first kappa shape index (κ1) is 22.1. The Labute approximate surface area is 166 Å². The summed E-state index contributed by atoms with van der Waals surface area (Å²) in [6.45, 7) is 0.413. The zero-order valence-corrected chi connectivity index (χ0v) is 16.9. The maximum atomic E-state index is 12.9. The first-order valence-corrected chi connectivity index (χ1v) is 7.50. The highest BCUT2D eigenvalue weighted by atomic mass is 127. The standard InChI is InChI=1S/C16H20F3N5O.HI/c1-20-15(21-8-11-5-4-6-13(7-11)25-3)22-9-12-10-24(2)23-14(12)16(17,18)19;/h4-7,10H,8-9H2,1-3H3,(H2,20,21,22);1H. The second kappa shape index (κ2) is 9.64. The summed E-state index contributed by atoms with van der Waals surface area (Å²) in [5, 5.41) is 9.39. The molecule has 0 radical (unpaired) electrons. The fourth-order valence-electron chi connectivity index (χ4n) is 2.27. The molecule has 0 unspecified atom stereocenters. The Morgan fingerprint density at radius 2 is 1.96 bits per heavy atom. The van der Waals surface area contributed by atoms with Crippen LogP contribution in [0.15, 0.2) is 35.5 Å². The quantitative estimate of drug-likeness (QED) is 0.390. The summed E-state index contributed by atoms with van der Waals surface area (Å²) >= 11 is 0. The van der Waals surface area contributed by atoms with Gasteiger partial charge in [-0.3, -0.25) is 9.67 Å². The largest absolute Gasteiger partial charge is 0.497 e. The number of halogens is 4. The van der Waals surface area contributed by atoms with Gasteiger partial charge in [0.25, 0.3) is 0 Å². The van der Waals surface area contributed by atoms with Gasteiger partial charge in [0, 0.05) is 38.9 Å². The molecular weight excluding hydrogens is 462 g/mol. The van der Waals surface area contributed by atoms with Crippen LogP contribution in [0.1, 0.15) is 16.8 Å². The number of nitrogens with zero attached hydrogens (tertiary/aromatic N) is 3. The number of benzene rings is 1. The second-order valence-electron chi connectivity index (χ2n) is 5.31. The van der Waals surface area contributed by atoms with Crippen LogP contribution in [0, 0.1) is 0 Å². The molecule has 1 aromatic heterocycles. The maximum Gasteiger partial charge on any atom is 0.435 e. The summed E-state index contributed by atoms with van der Waals surface area (Å²) in [6, 6.07) is 7.46. The number of methoxy groups -OCH3 is 1. The van der Waals surface area contributed by atoms with Crippen molar-refractivity contribution in [3.8, 4) is 5.75 Å². The van der Waals surface area contributed by atoms with Crippen molar-refractivity contribution in [1.29, 1.82) is 0 Å². The summed E-state index contributed by atoms with van der Waals surface area (Å²) in [6.07, 6.45) is -3.15. The van der Waals surface area contributed by atoms with Gasteiger partial charge in [0.15, 0.2) is 11.7 Å². The monoisotopic (exact) mass is 483 g/mol. The number of aryl methyl sites for hydroxylation is 1. The Balaban J connectivity index is 0.00000338. The summed E-state index contributed by atoms with van der Waals surface area (Å²) in [7, 11) is 4.59. The van der Waals surface area contributed by atoms with Gasteiger partial charge in [0.05, 0.1) is 7.11 Å². The Morgan fingerprint density at radius 3 is 2.58 bits per heavy atom. The van der Waals surface area contributed by atoms with E-state index in [2.05, 4.69) is 20.7 Å². The third kappa shape index (κ3) is 6.07. The number of hydrogen-bond acceptors (Lipinski definition) is 3. The van der Waals surface area contributed by atoms with Gasteiger partial charge in [-0.1, -0.05) is 12.1 Å². The van der Waals surface area contributed by atoms with Crippen LogP contribution in [-0.4, -0.2) is 29.9 Å². The summed E-state index contributed by atoms with van der Waals surface area (Å²) in [4.78, 5) is 4.01. The van der Waals surface area contributed by atoms with Crippen molar-refractivity contribution in [3.05, 3.63) is 47.3 Å². The highest BCUT2D eigenvalue weighted by Gasteiger charge is 2.36. The zero-order valence-electron chi connectivity index (χ0n) is 14.6. The molecular formula is C16H21F3IN5O. The van der Waals surface area contributed by atoms with Gasteiger partial charge in [0.2, 0.25) is 0 Å². The number of aromatic nitrogens is 2. The van der Waals surface area contributed by atoms with Crippen molar-refractivity contribution in [3.63, 3.8) is 0 Å². The molecule has 0 aliphatic carbocycles. The average Bonchev–Trinajstić information content (AvgIpc) is 2.96. The number of guanidine groups is 1. The Hall–Kier alpha value is -1.98. The van der Waals surface area contributed by atoms with Gasteiger partial charge >= 0.3 is 6.18 Å². The molecule has 2 rings (SSSR count). The predicted octanol–water partition coefficient (Wildman–Crippen LogP) is 2.93. The van der Waals surface area contributed by atoms with E-state index in [-0.39, 0.29) is 36.1 Å². The number of nitrogens with one attached hydrogen (secondary N) is 2. The molecule has 10 heteroatoms. The molecule has 6 nitrogen and oxygen atoms in total. The van der Waals surface area contributed by atoms with E-state index >= 15 is 0 Å². The lowest BCUT2D eigenvalue weighted by Gasteiger charge is -2.13. The Kier molecular flexibility index (Phi) is 8.18. The van der Waals surface area contributed by atoms with Gasteiger partial charge in [0.1, 0.15) is 5.75 Å². The van der Waals surface area contributed by atoms with Crippen LogP contribution >= 0.6 is 24.0 Å². The van der Waals surface area contributed by atoms with Crippen LogP contribution in [-0.2, 0) is 26.3 Å². The van der Waals surface area contributed by atoms with E-state index in [4.69, 9.17) is 4.74 Å². The highest BCUT2D eigenvalue weighted by Crippen LogP contribution is 2.30. The lowest BCUT2D eigenvalue weighted by Crippen LogP contribution is -2.36. The van der Waals surface area contributed by atoms with Crippen LogP contribution < -0.4 is 15.4 Å². The summed E-state index contributed by atoms with van der Waals surface area (Å²) in [5.41, 5.74) is 0.115. The smallest absolute Gasteiger partial charge is 0.435 e. The van der Waals surface area contributed by atoms with Crippen molar-refractivity contribution in [2.24, 2.45) is 12.0 Å². The van der Waals surface area contributed by atoms with Crippen LogP contribution in [0.3, 0.4) is 0 Å². The molecule has 0 spiro atoms. The molecule has 2 aromatic rings. The SMILES string of the molecule is CN=C(NCc1cccc(OC)c1)NCc1cn(C)nc1C(F)(F)F.I. The lowest BCUT2D eigenvalue weighted by atomic mass is 10.2. The first-order chi connectivity index (χ1) is 11.8. The lowest BCUT2D eigenvalue weighted by molar-refractivity contribution is -0.142. The number of ether oxygens (including phenoxy) is 1. The topological polar surface area (TPSA) is 63.5 Å². The molecule has 0 saturated heterocycles. The van der Waals surface area contributed by atoms with Crippen molar-refractivity contribution >= 4 is 29.9 Å². The molecule has 0 aliphatic heterocycles. The van der Waals surface area contributed by atoms with Gasteiger partial charge in [-0.15, -0.1) is 24.0 Å². The molecule has 144 valence electrons. The van der Waals surface area contributed by atoms with Gasteiger partial charge in [-0.2, -0.15) is 18.3 Å². The zero-order chi connectivity index (χ0) is 18.4. The summed E-state index contributed by atoms with van der Waals surface area (Å²) < 4.78 is 45.1. The molecule has 0 fully saturated rings. The fraction of sp³-hybridized carbons (Fsp3) is 0.375. The molecule has 2 N–H and O–H groups in total. The molecule has 26 heavy (non-hydrogen) atoms. The third-order valence-corrected chi connectivity index (χ3v) is 3.44. The van der Waals surface area contributed by atoms with Crippen LogP contribution in [0.25, 0.3) is 0 Å². The van der Waals surface area contributed by atoms with Gasteiger partial charge in [-0.05, 0) is 17.7 Å². The molecule has 1 aromatic carbocycles. The van der Waals surface area contributed by atoms with Gasteiger partial charge < -0.3 is 15.4 Å². The van der Waals surface area contributed by atoms with E-state index in [0.29, 0.717) is 12.5 Å². The molecule has 0 saturated carbocycles.